The summed E-state index contributed by atoms with van der Waals surface area (Å²) < 4.78 is 6.89. The smallest absolute Gasteiger partial charge is 0.264 e. The van der Waals surface area contributed by atoms with Gasteiger partial charge in [-0.3, -0.25) is 14.7 Å². The van der Waals surface area contributed by atoms with Crippen LogP contribution in [0, 0.1) is 0 Å². The number of fused-ring (bicyclic) bond motifs is 1. The monoisotopic (exact) mass is 392 g/mol. The highest BCUT2D eigenvalue weighted by atomic mass is 16.5. The summed E-state index contributed by atoms with van der Waals surface area (Å²) in [5.74, 6) is 0.617. The zero-order chi connectivity index (χ0) is 19.8. The lowest BCUT2D eigenvalue weighted by molar-refractivity contribution is 0.0336. The first-order valence-corrected chi connectivity index (χ1v) is 10.1. The van der Waals surface area contributed by atoms with Crippen molar-refractivity contribution < 1.29 is 4.74 Å². The van der Waals surface area contributed by atoms with Gasteiger partial charge in [0.05, 0.1) is 36.4 Å². The van der Waals surface area contributed by atoms with Gasteiger partial charge in [-0.2, -0.15) is 0 Å². The van der Waals surface area contributed by atoms with E-state index in [1.54, 1.807) is 13.4 Å². The topological polar surface area (TPSA) is 85.2 Å². The van der Waals surface area contributed by atoms with Crippen LogP contribution in [0.5, 0.6) is 0 Å². The van der Waals surface area contributed by atoms with E-state index < -0.39 is 0 Å². The fraction of sp³-hybridized carbons (Fsp3) is 0.429. The van der Waals surface area contributed by atoms with Crippen LogP contribution in [0.4, 0.5) is 5.82 Å². The minimum Gasteiger partial charge on any atom is -0.379 e. The van der Waals surface area contributed by atoms with Crippen molar-refractivity contribution >= 4 is 16.7 Å². The minimum absolute atomic E-state index is 0.0869. The fourth-order valence-electron chi connectivity index (χ4n) is 3.55. The predicted molar refractivity (Wildman–Crippen MR) is 111 cm³/mol. The van der Waals surface area contributed by atoms with Crippen LogP contribution in [0.25, 0.3) is 22.2 Å². The maximum Gasteiger partial charge on any atom is 0.264 e. The number of pyridine rings is 2. The molecule has 5 rings (SSSR count). The SMILES string of the molecule is Cn1cnc2cc(-c3ccc(CN4CCOCC4)nc3)nc(NC3CC3)c2c1=O. The molecule has 0 spiro atoms. The van der Waals surface area contributed by atoms with E-state index in [-0.39, 0.29) is 5.56 Å². The maximum absolute atomic E-state index is 12.6. The number of anilines is 1. The third-order valence-corrected chi connectivity index (χ3v) is 5.43. The second kappa shape index (κ2) is 7.53. The molecule has 0 atom stereocenters. The van der Waals surface area contributed by atoms with Gasteiger partial charge in [0.25, 0.3) is 5.56 Å². The van der Waals surface area contributed by atoms with Crippen LogP contribution in [-0.2, 0) is 18.3 Å². The Bertz CT molecular complexity index is 1080. The first-order chi connectivity index (χ1) is 14.2. The molecule has 0 bridgehead atoms. The molecular formula is C21H24N6O2. The van der Waals surface area contributed by atoms with E-state index in [1.165, 1.54) is 4.57 Å². The van der Waals surface area contributed by atoms with Crippen molar-refractivity contribution in [1.82, 2.24) is 24.4 Å². The summed E-state index contributed by atoms with van der Waals surface area (Å²) in [6.45, 7) is 4.25. The molecule has 3 aromatic rings. The Morgan fingerprint density at radius 1 is 1.21 bits per heavy atom. The Kier molecular flexibility index (Phi) is 4.73. The van der Waals surface area contributed by atoms with E-state index in [2.05, 4.69) is 20.2 Å². The zero-order valence-corrected chi connectivity index (χ0v) is 16.5. The van der Waals surface area contributed by atoms with Crippen molar-refractivity contribution in [2.45, 2.75) is 25.4 Å². The number of morpholine rings is 1. The summed E-state index contributed by atoms with van der Waals surface area (Å²) in [7, 11) is 1.71. The van der Waals surface area contributed by atoms with Gasteiger partial charge in [0.15, 0.2) is 0 Å². The average Bonchev–Trinajstić information content (AvgIpc) is 3.56. The Labute approximate surface area is 168 Å². The quantitative estimate of drug-likeness (QED) is 0.709. The van der Waals surface area contributed by atoms with Gasteiger partial charge in [0.1, 0.15) is 11.2 Å². The second-order valence-corrected chi connectivity index (χ2v) is 7.76. The summed E-state index contributed by atoms with van der Waals surface area (Å²) in [6.07, 6.45) is 5.61. The molecular weight excluding hydrogens is 368 g/mol. The van der Waals surface area contributed by atoms with Crippen molar-refractivity contribution in [3.8, 4) is 11.3 Å². The molecule has 1 saturated heterocycles. The van der Waals surface area contributed by atoms with Gasteiger partial charge >= 0.3 is 0 Å². The van der Waals surface area contributed by atoms with Gasteiger partial charge in [-0.1, -0.05) is 0 Å². The molecule has 0 radical (unpaired) electrons. The van der Waals surface area contributed by atoms with Crippen molar-refractivity contribution in [2.75, 3.05) is 31.6 Å². The lowest BCUT2D eigenvalue weighted by Crippen LogP contribution is -2.35. The van der Waals surface area contributed by atoms with Crippen LogP contribution >= 0.6 is 0 Å². The van der Waals surface area contributed by atoms with E-state index in [4.69, 9.17) is 9.72 Å². The number of aromatic nitrogens is 4. The number of hydrogen-bond donors (Lipinski definition) is 1. The van der Waals surface area contributed by atoms with E-state index >= 15 is 0 Å². The molecule has 29 heavy (non-hydrogen) atoms. The van der Waals surface area contributed by atoms with Crippen molar-refractivity contribution in [3.05, 3.63) is 46.8 Å². The lowest BCUT2D eigenvalue weighted by atomic mass is 10.1. The van der Waals surface area contributed by atoms with Gasteiger partial charge in [-0.15, -0.1) is 0 Å². The highest BCUT2D eigenvalue weighted by Crippen LogP contribution is 2.29. The highest BCUT2D eigenvalue weighted by Gasteiger charge is 2.24. The molecule has 150 valence electrons. The van der Waals surface area contributed by atoms with Crippen LogP contribution in [0.1, 0.15) is 18.5 Å². The Morgan fingerprint density at radius 2 is 2.03 bits per heavy atom. The molecule has 8 heteroatoms. The number of nitrogens with zero attached hydrogens (tertiary/aromatic N) is 5. The molecule has 8 nitrogen and oxygen atoms in total. The van der Waals surface area contributed by atoms with Crippen LogP contribution in [0.15, 0.2) is 35.5 Å². The molecule has 1 aliphatic carbocycles. The van der Waals surface area contributed by atoms with E-state index in [1.807, 2.05) is 24.4 Å². The van der Waals surface area contributed by atoms with Crippen molar-refractivity contribution in [2.24, 2.45) is 7.05 Å². The molecule has 1 aliphatic heterocycles. The molecule has 3 aromatic heterocycles. The van der Waals surface area contributed by atoms with Crippen LogP contribution in [0.2, 0.25) is 0 Å². The number of hydrogen-bond acceptors (Lipinski definition) is 7. The molecule has 4 heterocycles. The number of nitrogens with one attached hydrogen (secondary N) is 1. The normalized spacial score (nSPS) is 17.6. The number of aryl methyl sites for hydroxylation is 1. The highest BCUT2D eigenvalue weighted by molar-refractivity contribution is 5.91. The van der Waals surface area contributed by atoms with Crippen LogP contribution < -0.4 is 10.9 Å². The molecule has 0 amide bonds. The van der Waals surface area contributed by atoms with E-state index in [0.29, 0.717) is 22.8 Å². The number of rotatable bonds is 5. The molecule has 1 N–H and O–H groups in total. The standard InChI is InChI=1S/C21H24N6O2/c1-26-13-23-18-10-17(25-20(19(18)21(26)28)24-15-4-5-15)14-2-3-16(22-11-14)12-27-6-8-29-9-7-27/h2-3,10-11,13,15H,4-9,12H2,1H3,(H,24,25). The van der Waals surface area contributed by atoms with E-state index in [9.17, 15) is 4.79 Å². The third kappa shape index (κ3) is 3.86. The van der Waals surface area contributed by atoms with Gasteiger partial charge in [-0.05, 0) is 31.0 Å². The first kappa shape index (κ1) is 18.2. The second-order valence-electron chi connectivity index (χ2n) is 7.76. The third-order valence-electron chi connectivity index (χ3n) is 5.43. The predicted octanol–water partition coefficient (Wildman–Crippen LogP) is 1.80. The number of ether oxygens (including phenoxy) is 1. The average molecular weight is 392 g/mol. The largest absolute Gasteiger partial charge is 0.379 e. The lowest BCUT2D eigenvalue weighted by Gasteiger charge is -2.26. The van der Waals surface area contributed by atoms with Crippen molar-refractivity contribution in [3.63, 3.8) is 0 Å². The Morgan fingerprint density at radius 3 is 2.76 bits per heavy atom. The molecule has 2 aliphatic rings. The summed E-state index contributed by atoms with van der Waals surface area (Å²) >= 11 is 0. The fourth-order valence-corrected chi connectivity index (χ4v) is 3.55. The summed E-state index contributed by atoms with van der Waals surface area (Å²) in [6, 6.07) is 6.34. The molecule has 0 unspecified atom stereocenters. The zero-order valence-electron chi connectivity index (χ0n) is 16.5. The van der Waals surface area contributed by atoms with Gasteiger partial charge < -0.3 is 14.6 Å². The van der Waals surface area contributed by atoms with Gasteiger partial charge in [-0.25, -0.2) is 9.97 Å². The summed E-state index contributed by atoms with van der Waals surface area (Å²) in [5.41, 5.74) is 3.28. The van der Waals surface area contributed by atoms with Gasteiger partial charge in [0, 0.05) is 44.5 Å². The minimum atomic E-state index is -0.0869. The molecule has 2 fully saturated rings. The molecule has 1 saturated carbocycles. The van der Waals surface area contributed by atoms with E-state index in [0.717, 1.165) is 62.6 Å². The Balaban J connectivity index is 1.47. The first-order valence-electron chi connectivity index (χ1n) is 10.1. The molecule has 0 aromatic carbocycles. The van der Waals surface area contributed by atoms with Gasteiger partial charge in [0.2, 0.25) is 0 Å². The van der Waals surface area contributed by atoms with Crippen molar-refractivity contribution in [1.29, 1.82) is 0 Å². The maximum atomic E-state index is 12.6. The summed E-state index contributed by atoms with van der Waals surface area (Å²) in [4.78, 5) is 28.9. The summed E-state index contributed by atoms with van der Waals surface area (Å²) in [5, 5.41) is 3.94. The Hall–Kier alpha value is -2.84. The van der Waals surface area contributed by atoms with Crippen LogP contribution in [-0.4, -0.2) is 56.8 Å². The van der Waals surface area contributed by atoms with Crippen LogP contribution in [0.3, 0.4) is 0 Å².